The van der Waals surface area contributed by atoms with Gasteiger partial charge in [-0.25, -0.2) is 0 Å². The quantitative estimate of drug-likeness (QED) is 0.658. The van der Waals surface area contributed by atoms with Gasteiger partial charge >= 0.3 is 0 Å². The van der Waals surface area contributed by atoms with Crippen molar-refractivity contribution >= 4 is 0 Å². The van der Waals surface area contributed by atoms with Crippen LogP contribution in [0.5, 0.6) is 0 Å². The molecule has 0 aromatic carbocycles. The second-order valence-electron chi connectivity index (χ2n) is 4.43. The fourth-order valence-electron chi connectivity index (χ4n) is 1.66. The average Bonchev–Trinajstić information content (AvgIpc) is 2.26. The van der Waals surface area contributed by atoms with Gasteiger partial charge in [0.1, 0.15) is 0 Å². The molecule has 0 aliphatic carbocycles. The highest BCUT2D eigenvalue weighted by atomic mass is 15.3. The summed E-state index contributed by atoms with van der Waals surface area (Å²) in [7, 11) is 4.19. The molecule has 0 spiro atoms. The smallest absolute Gasteiger partial charge is 0.0947 e. The third-order valence-electron chi connectivity index (χ3n) is 3.21. The summed E-state index contributed by atoms with van der Waals surface area (Å²) < 4.78 is 0. The lowest BCUT2D eigenvalue weighted by molar-refractivity contribution is 0.137. The molecule has 1 atom stereocenters. The summed E-state index contributed by atoms with van der Waals surface area (Å²) >= 11 is 0. The van der Waals surface area contributed by atoms with Crippen molar-refractivity contribution in [2.75, 3.05) is 53.4 Å². The second kappa shape index (κ2) is 6.06. The van der Waals surface area contributed by atoms with Crippen LogP contribution in [0, 0.1) is 11.3 Å². The minimum atomic E-state index is 0.0254. The van der Waals surface area contributed by atoms with E-state index in [4.69, 9.17) is 5.26 Å². The predicted octanol–water partition coefficient (Wildman–Crippen LogP) is 0.0777. The Morgan fingerprint density at radius 1 is 1.33 bits per heavy atom. The highest BCUT2D eigenvalue weighted by molar-refractivity contribution is 4.86. The fraction of sp³-hybridized carbons (Fsp3) is 0.909. The molecule has 1 aliphatic rings. The number of hydrogen-bond acceptors (Lipinski definition) is 4. The maximum absolute atomic E-state index is 8.76. The summed E-state index contributed by atoms with van der Waals surface area (Å²) in [6.45, 7) is 8.66. The topological polar surface area (TPSA) is 33.5 Å². The van der Waals surface area contributed by atoms with Crippen LogP contribution in [0.3, 0.4) is 0 Å². The van der Waals surface area contributed by atoms with Crippen LogP contribution in [0.4, 0.5) is 0 Å². The van der Waals surface area contributed by atoms with Crippen molar-refractivity contribution < 1.29 is 0 Å². The molecule has 15 heavy (non-hydrogen) atoms. The van der Waals surface area contributed by atoms with Crippen molar-refractivity contribution in [3.63, 3.8) is 0 Å². The van der Waals surface area contributed by atoms with E-state index in [1.807, 2.05) is 14.0 Å². The van der Waals surface area contributed by atoms with Gasteiger partial charge in [0, 0.05) is 39.3 Å². The molecule has 1 saturated heterocycles. The molecule has 0 radical (unpaired) electrons. The summed E-state index contributed by atoms with van der Waals surface area (Å²) in [6.07, 6.45) is 0. The molecule has 1 fully saturated rings. The Morgan fingerprint density at radius 3 is 2.47 bits per heavy atom. The van der Waals surface area contributed by atoms with Gasteiger partial charge < -0.3 is 4.90 Å². The van der Waals surface area contributed by atoms with Gasteiger partial charge in [-0.15, -0.1) is 0 Å². The maximum Gasteiger partial charge on any atom is 0.0947 e. The molecule has 1 rings (SSSR count). The maximum atomic E-state index is 8.76. The fourth-order valence-corrected chi connectivity index (χ4v) is 1.66. The van der Waals surface area contributed by atoms with Crippen molar-refractivity contribution in [3.05, 3.63) is 0 Å². The van der Waals surface area contributed by atoms with Gasteiger partial charge in [-0.3, -0.25) is 9.80 Å². The Labute approximate surface area is 93.1 Å². The molecule has 86 valence electrons. The molecule has 4 nitrogen and oxygen atoms in total. The number of nitriles is 1. The molecular weight excluding hydrogens is 188 g/mol. The minimum absolute atomic E-state index is 0.0254. The van der Waals surface area contributed by atoms with Crippen LogP contribution in [0.1, 0.15) is 6.92 Å². The summed E-state index contributed by atoms with van der Waals surface area (Å²) in [5.41, 5.74) is 0. The molecule has 1 aliphatic heterocycles. The molecule has 0 N–H and O–H groups in total. The molecule has 4 heteroatoms. The van der Waals surface area contributed by atoms with Gasteiger partial charge in [0.25, 0.3) is 0 Å². The van der Waals surface area contributed by atoms with Crippen molar-refractivity contribution in [1.82, 2.24) is 14.7 Å². The standard InChI is InChI=1S/C11H22N4/c1-11(10-12)14(3)6-9-15-7-4-13(2)5-8-15/h11H,4-9H2,1-3H3. The molecule has 1 heterocycles. The highest BCUT2D eigenvalue weighted by Gasteiger charge is 2.15. The number of piperazine rings is 1. The first-order chi connectivity index (χ1) is 7.13. The van der Waals surface area contributed by atoms with Crippen LogP contribution in [0.15, 0.2) is 0 Å². The van der Waals surface area contributed by atoms with E-state index in [1.54, 1.807) is 0 Å². The van der Waals surface area contributed by atoms with Crippen LogP contribution in [-0.4, -0.2) is 74.1 Å². The molecule has 0 aromatic heterocycles. The zero-order valence-electron chi connectivity index (χ0n) is 10.1. The Balaban J connectivity index is 2.17. The van der Waals surface area contributed by atoms with Gasteiger partial charge in [0.15, 0.2) is 0 Å². The summed E-state index contributed by atoms with van der Waals surface area (Å²) in [5.74, 6) is 0. The zero-order chi connectivity index (χ0) is 11.3. The molecular formula is C11H22N4. The van der Waals surface area contributed by atoms with E-state index >= 15 is 0 Å². The minimum Gasteiger partial charge on any atom is -0.304 e. The van der Waals surface area contributed by atoms with Gasteiger partial charge in [-0.1, -0.05) is 0 Å². The second-order valence-corrected chi connectivity index (χ2v) is 4.43. The Morgan fingerprint density at radius 2 is 1.93 bits per heavy atom. The lowest BCUT2D eigenvalue weighted by Gasteiger charge is -2.33. The monoisotopic (exact) mass is 210 g/mol. The first-order valence-electron chi connectivity index (χ1n) is 5.64. The summed E-state index contributed by atoms with van der Waals surface area (Å²) in [6, 6.07) is 2.28. The van der Waals surface area contributed by atoms with E-state index in [-0.39, 0.29) is 6.04 Å². The number of likely N-dealkylation sites (N-methyl/N-ethyl adjacent to an activating group) is 2. The Kier molecular flexibility index (Phi) is 5.03. The van der Waals surface area contributed by atoms with Crippen molar-refractivity contribution in [3.8, 4) is 6.07 Å². The van der Waals surface area contributed by atoms with E-state index in [2.05, 4.69) is 27.8 Å². The number of hydrogen-bond donors (Lipinski definition) is 0. The van der Waals surface area contributed by atoms with Gasteiger partial charge in [-0.05, 0) is 21.0 Å². The SMILES string of the molecule is CC(C#N)N(C)CCN1CCN(C)CC1. The van der Waals surface area contributed by atoms with Crippen molar-refractivity contribution in [2.24, 2.45) is 0 Å². The van der Waals surface area contributed by atoms with E-state index in [0.29, 0.717) is 0 Å². The zero-order valence-corrected chi connectivity index (χ0v) is 10.1. The van der Waals surface area contributed by atoms with Crippen LogP contribution in [0.25, 0.3) is 0 Å². The van der Waals surface area contributed by atoms with Crippen LogP contribution >= 0.6 is 0 Å². The number of rotatable bonds is 4. The van der Waals surface area contributed by atoms with Gasteiger partial charge in [0.2, 0.25) is 0 Å². The van der Waals surface area contributed by atoms with Crippen LogP contribution < -0.4 is 0 Å². The lowest BCUT2D eigenvalue weighted by atomic mass is 10.3. The molecule has 1 unspecified atom stereocenters. The largest absolute Gasteiger partial charge is 0.304 e. The average molecular weight is 210 g/mol. The first-order valence-corrected chi connectivity index (χ1v) is 5.64. The molecule has 0 amide bonds. The van der Waals surface area contributed by atoms with Gasteiger partial charge in [0.05, 0.1) is 12.1 Å². The predicted molar refractivity (Wildman–Crippen MR) is 61.6 cm³/mol. The molecule has 0 saturated carbocycles. The van der Waals surface area contributed by atoms with Gasteiger partial charge in [-0.2, -0.15) is 5.26 Å². The van der Waals surface area contributed by atoms with Crippen LogP contribution in [-0.2, 0) is 0 Å². The lowest BCUT2D eigenvalue weighted by Crippen LogP contribution is -2.47. The molecule has 0 bridgehead atoms. The van der Waals surface area contributed by atoms with E-state index in [9.17, 15) is 0 Å². The van der Waals surface area contributed by atoms with E-state index in [1.165, 1.54) is 0 Å². The molecule has 0 aromatic rings. The normalized spacial score (nSPS) is 21.5. The Hall–Kier alpha value is -0.630. The summed E-state index contributed by atoms with van der Waals surface area (Å²) in [5, 5.41) is 8.76. The third kappa shape index (κ3) is 4.17. The third-order valence-corrected chi connectivity index (χ3v) is 3.21. The van der Waals surface area contributed by atoms with Crippen LogP contribution in [0.2, 0.25) is 0 Å². The summed E-state index contributed by atoms with van der Waals surface area (Å²) in [4.78, 5) is 6.94. The van der Waals surface area contributed by atoms with Crippen molar-refractivity contribution in [2.45, 2.75) is 13.0 Å². The number of nitrogens with zero attached hydrogens (tertiary/aromatic N) is 4. The highest BCUT2D eigenvalue weighted by Crippen LogP contribution is 2.00. The first kappa shape index (κ1) is 12.4. The van der Waals surface area contributed by atoms with Crippen molar-refractivity contribution in [1.29, 1.82) is 5.26 Å². The van der Waals surface area contributed by atoms with E-state index in [0.717, 1.165) is 39.3 Å². The Bertz CT molecular complexity index is 215. The van der Waals surface area contributed by atoms with E-state index < -0.39 is 0 Å².